The Kier molecular flexibility index (Phi) is 4.83. The lowest BCUT2D eigenvalue weighted by Gasteiger charge is -2.44. The zero-order valence-electron chi connectivity index (χ0n) is 12.2. The zero-order chi connectivity index (χ0) is 13.8. The summed E-state index contributed by atoms with van der Waals surface area (Å²) in [4.78, 5) is 26.2. The smallest absolute Gasteiger partial charge is 0.243 e. The van der Waals surface area contributed by atoms with Crippen LogP contribution in [0.25, 0.3) is 0 Å². The van der Waals surface area contributed by atoms with E-state index in [1.807, 2.05) is 11.8 Å². The normalized spacial score (nSPS) is 27.3. The monoisotopic (exact) mass is 266 g/mol. The number of carbonyl (C=O) groups excluding carboxylic acids is 2. The number of hydrogen-bond acceptors (Lipinski definition) is 2. The minimum absolute atomic E-state index is 0.0244. The zero-order valence-corrected chi connectivity index (χ0v) is 12.2. The molecule has 4 nitrogen and oxygen atoms in total. The second-order valence-corrected chi connectivity index (χ2v) is 5.82. The summed E-state index contributed by atoms with van der Waals surface area (Å²) >= 11 is 0. The van der Waals surface area contributed by atoms with Gasteiger partial charge < -0.3 is 10.2 Å². The summed E-state index contributed by atoms with van der Waals surface area (Å²) in [5.41, 5.74) is 0. The molecule has 2 amide bonds. The molecule has 2 atom stereocenters. The Morgan fingerprint density at radius 2 is 1.89 bits per heavy atom. The third kappa shape index (κ3) is 2.93. The van der Waals surface area contributed by atoms with Crippen molar-refractivity contribution >= 4 is 11.8 Å². The summed E-state index contributed by atoms with van der Waals surface area (Å²) in [5, 5.41) is 2.71. The van der Waals surface area contributed by atoms with Gasteiger partial charge in [0.15, 0.2) is 0 Å². The van der Waals surface area contributed by atoms with Crippen molar-refractivity contribution in [3.05, 3.63) is 0 Å². The van der Waals surface area contributed by atoms with E-state index in [0.717, 1.165) is 6.42 Å². The minimum Gasteiger partial charge on any atom is -0.345 e. The molecule has 1 aliphatic heterocycles. The molecule has 0 aromatic rings. The lowest BCUT2D eigenvalue weighted by molar-refractivity contribution is -0.150. The number of nitrogens with one attached hydrogen (secondary N) is 1. The van der Waals surface area contributed by atoms with E-state index in [-0.39, 0.29) is 30.4 Å². The fraction of sp³-hybridized carbons (Fsp3) is 0.867. The van der Waals surface area contributed by atoms with Crippen molar-refractivity contribution < 1.29 is 9.59 Å². The molecule has 2 fully saturated rings. The van der Waals surface area contributed by atoms with E-state index in [1.54, 1.807) is 0 Å². The Bertz CT molecular complexity index is 337. The van der Waals surface area contributed by atoms with Gasteiger partial charge in [0.2, 0.25) is 11.8 Å². The van der Waals surface area contributed by atoms with Gasteiger partial charge in [-0.1, -0.05) is 33.1 Å². The molecule has 1 heterocycles. The number of nitrogens with zero attached hydrogens (tertiary/aromatic N) is 1. The molecule has 1 saturated carbocycles. The van der Waals surface area contributed by atoms with E-state index in [9.17, 15) is 9.59 Å². The van der Waals surface area contributed by atoms with Crippen LogP contribution in [0, 0.1) is 5.92 Å². The predicted molar refractivity (Wildman–Crippen MR) is 74.6 cm³/mol. The van der Waals surface area contributed by atoms with E-state index >= 15 is 0 Å². The molecule has 4 heteroatoms. The molecule has 0 aromatic carbocycles. The van der Waals surface area contributed by atoms with E-state index in [4.69, 9.17) is 0 Å². The van der Waals surface area contributed by atoms with E-state index in [2.05, 4.69) is 12.2 Å². The van der Waals surface area contributed by atoms with Crippen LogP contribution in [0.15, 0.2) is 0 Å². The summed E-state index contributed by atoms with van der Waals surface area (Å²) in [6.45, 7) is 4.31. The maximum Gasteiger partial charge on any atom is 0.243 e. The average Bonchev–Trinajstić information content (AvgIpc) is 2.45. The number of carbonyl (C=O) groups is 2. The van der Waals surface area contributed by atoms with Gasteiger partial charge in [-0.3, -0.25) is 9.59 Å². The Labute approximate surface area is 115 Å². The van der Waals surface area contributed by atoms with Crippen LogP contribution in [0.4, 0.5) is 0 Å². The summed E-state index contributed by atoms with van der Waals surface area (Å²) in [6.07, 6.45) is 7.94. The van der Waals surface area contributed by atoms with Crippen molar-refractivity contribution in [2.24, 2.45) is 5.92 Å². The fourth-order valence-electron chi connectivity index (χ4n) is 3.75. The maximum absolute atomic E-state index is 12.3. The highest BCUT2D eigenvalue weighted by Crippen LogP contribution is 2.32. The van der Waals surface area contributed by atoms with Crippen LogP contribution in [-0.2, 0) is 9.59 Å². The van der Waals surface area contributed by atoms with Crippen LogP contribution in [0.3, 0.4) is 0 Å². The summed E-state index contributed by atoms with van der Waals surface area (Å²) in [6, 6.07) is -0.00285. The molecule has 2 aliphatic rings. The largest absolute Gasteiger partial charge is 0.345 e. The third-order valence-electron chi connectivity index (χ3n) is 4.70. The number of rotatable bonds is 4. The highest BCUT2D eigenvalue weighted by molar-refractivity contribution is 5.95. The standard InChI is InChI=1S/C15H26N2O2/c1-3-12(11-8-6-5-7-9-11)17-13(4-2)15(19)16-10-14(17)18/h11-13H,3-10H2,1-2H3,(H,16,19). The molecule has 0 radical (unpaired) electrons. The van der Waals surface area contributed by atoms with Crippen LogP contribution in [0.2, 0.25) is 0 Å². The molecule has 108 valence electrons. The van der Waals surface area contributed by atoms with Gasteiger partial charge in [0, 0.05) is 6.04 Å². The second kappa shape index (κ2) is 6.40. The molecular weight excluding hydrogens is 240 g/mol. The molecule has 2 unspecified atom stereocenters. The van der Waals surface area contributed by atoms with Crippen molar-refractivity contribution in [3.63, 3.8) is 0 Å². The maximum atomic E-state index is 12.3. The van der Waals surface area contributed by atoms with Gasteiger partial charge in [-0.05, 0) is 31.6 Å². The lowest BCUT2D eigenvalue weighted by atomic mass is 9.81. The van der Waals surface area contributed by atoms with Gasteiger partial charge >= 0.3 is 0 Å². The van der Waals surface area contributed by atoms with Crippen molar-refractivity contribution in [2.45, 2.75) is 70.9 Å². The van der Waals surface area contributed by atoms with E-state index in [0.29, 0.717) is 12.3 Å². The van der Waals surface area contributed by atoms with Gasteiger partial charge in [-0.15, -0.1) is 0 Å². The molecule has 1 saturated heterocycles. The molecule has 1 aliphatic carbocycles. The first-order valence-corrected chi connectivity index (χ1v) is 7.77. The van der Waals surface area contributed by atoms with Gasteiger partial charge in [-0.25, -0.2) is 0 Å². The van der Waals surface area contributed by atoms with Crippen molar-refractivity contribution in [2.75, 3.05) is 6.54 Å². The Hall–Kier alpha value is -1.06. The summed E-state index contributed by atoms with van der Waals surface area (Å²) in [7, 11) is 0. The second-order valence-electron chi connectivity index (χ2n) is 5.82. The summed E-state index contributed by atoms with van der Waals surface area (Å²) in [5.74, 6) is 0.711. The van der Waals surface area contributed by atoms with Crippen molar-refractivity contribution in [1.29, 1.82) is 0 Å². The quantitative estimate of drug-likeness (QED) is 0.847. The first-order valence-electron chi connectivity index (χ1n) is 7.77. The van der Waals surface area contributed by atoms with Crippen LogP contribution >= 0.6 is 0 Å². The molecule has 19 heavy (non-hydrogen) atoms. The van der Waals surface area contributed by atoms with Gasteiger partial charge in [-0.2, -0.15) is 0 Å². The molecule has 0 bridgehead atoms. The first-order chi connectivity index (χ1) is 9.19. The van der Waals surface area contributed by atoms with Crippen LogP contribution < -0.4 is 5.32 Å². The Balaban J connectivity index is 2.17. The summed E-state index contributed by atoms with van der Waals surface area (Å²) < 4.78 is 0. The number of piperazine rings is 1. The Morgan fingerprint density at radius 1 is 1.21 bits per heavy atom. The highest BCUT2D eigenvalue weighted by Gasteiger charge is 2.39. The topological polar surface area (TPSA) is 49.4 Å². The molecule has 0 aromatic heterocycles. The van der Waals surface area contributed by atoms with Crippen LogP contribution in [0.1, 0.15) is 58.8 Å². The number of hydrogen-bond donors (Lipinski definition) is 1. The highest BCUT2D eigenvalue weighted by atomic mass is 16.2. The molecule has 2 rings (SSSR count). The SMILES string of the molecule is CCC1C(=O)NCC(=O)N1C(CC)C1CCCCC1. The number of amides is 2. The van der Waals surface area contributed by atoms with Gasteiger partial charge in [0.05, 0.1) is 6.54 Å². The van der Waals surface area contributed by atoms with E-state index < -0.39 is 0 Å². The fourth-order valence-corrected chi connectivity index (χ4v) is 3.75. The first kappa shape index (κ1) is 14.4. The van der Waals surface area contributed by atoms with Gasteiger partial charge in [0.1, 0.15) is 6.04 Å². The predicted octanol–water partition coefficient (Wildman–Crippen LogP) is 2.08. The lowest BCUT2D eigenvalue weighted by Crippen LogP contribution is -2.62. The Morgan fingerprint density at radius 3 is 2.47 bits per heavy atom. The van der Waals surface area contributed by atoms with Crippen LogP contribution in [-0.4, -0.2) is 35.3 Å². The molecule has 0 spiro atoms. The minimum atomic E-state index is -0.256. The van der Waals surface area contributed by atoms with E-state index in [1.165, 1.54) is 32.1 Å². The van der Waals surface area contributed by atoms with Crippen molar-refractivity contribution in [1.82, 2.24) is 10.2 Å². The van der Waals surface area contributed by atoms with Crippen molar-refractivity contribution in [3.8, 4) is 0 Å². The average molecular weight is 266 g/mol. The molecular formula is C15H26N2O2. The third-order valence-corrected chi connectivity index (χ3v) is 4.70. The molecule has 1 N–H and O–H groups in total. The van der Waals surface area contributed by atoms with Gasteiger partial charge in [0.25, 0.3) is 0 Å². The van der Waals surface area contributed by atoms with Crippen LogP contribution in [0.5, 0.6) is 0 Å².